The molecule has 1 N–H and O–H groups in total. The lowest BCUT2D eigenvalue weighted by Crippen LogP contribution is -2.61. The molecule has 0 saturated carbocycles. The van der Waals surface area contributed by atoms with E-state index in [1.54, 1.807) is 6.33 Å². The largest absolute Gasteiger partial charge is 0.311 e. The van der Waals surface area contributed by atoms with Gasteiger partial charge in [0.15, 0.2) is 0 Å². The first kappa shape index (κ1) is 16.4. The molecule has 0 radical (unpaired) electrons. The maximum Gasteiger partial charge on any atom is 0.140 e. The van der Waals surface area contributed by atoms with Crippen molar-refractivity contribution in [1.29, 1.82) is 0 Å². The predicted octanol–water partition coefficient (Wildman–Crippen LogP) is 2.05. The Labute approximate surface area is 129 Å². The van der Waals surface area contributed by atoms with Crippen molar-refractivity contribution < 1.29 is 0 Å². The molecule has 3 atom stereocenters. The fraction of sp³-hybridized carbons (Fsp3) is 0.875. The molecule has 1 aliphatic rings. The maximum absolute atomic E-state index is 4.41. The smallest absolute Gasteiger partial charge is 0.140 e. The summed E-state index contributed by atoms with van der Waals surface area (Å²) in [7, 11) is 1.98. The summed E-state index contributed by atoms with van der Waals surface area (Å²) in [6.07, 6.45) is 2.86. The topological polar surface area (TPSA) is 46.0 Å². The van der Waals surface area contributed by atoms with Crippen LogP contribution in [0.2, 0.25) is 0 Å². The normalized spacial score (nSPS) is 26.0. The van der Waals surface area contributed by atoms with Gasteiger partial charge in [-0.2, -0.15) is 5.10 Å². The van der Waals surface area contributed by atoms with Gasteiger partial charge in [-0.25, -0.2) is 4.98 Å². The third-order valence-corrected chi connectivity index (χ3v) is 4.96. The van der Waals surface area contributed by atoms with Crippen LogP contribution in [0.4, 0.5) is 0 Å². The summed E-state index contributed by atoms with van der Waals surface area (Å²) in [5.74, 6) is 1.74. The van der Waals surface area contributed by atoms with Crippen molar-refractivity contribution in [3.8, 4) is 0 Å². The number of aromatic nitrogens is 3. The lowest BCUT2D eigenvalue weighted by Gasteiger charge is -2.46. The molecule has 1 fully saturated rings. The predicted molar refractivity (Wildman–Crippen MR) is 85.9 cm³/mol. The van der Waals surface area contributed by atoms with Crippen molar-refractivity contribution in [2.45, 2.75) is 59.7 Å². The van der Waals surface area contributed by atoms with E-state index >= 15 is 0 Å². The zero-order valence-electron chi connectivity index (χ0n) is 14.4. The lowest BCUT2D eigenvalue weighted by molar-refractivity contribution is 0.0495. The second-order valence-corrected chi connectivity index (χ2v) is 7.51. The zero-order valence-corrected chi connectivity index (χ0v) is 14.4. The number of nitrogens with one attached hydrogen (secondary N) is 1. The summed E-state index contributed by atoms with van der Waals surface area (Å²) in [4.78, 5) is 7.01. The van der Waals surface area contributed by atoms with Crippen molar-refractivity contribution in [1.82, 2.24) is 25.0 Å². The van der Waals surface area contributed by atoms with E-state index in [4.69, 9.17) is 0 Å². The number of hydrogen-bond acceptors (Lipinski definition) is 4. The summed E-state index contributed by atoms with van der Waals surface area (Å²) in [6.45, 7) is 14.6. The van der Waals surface area contributed by atoms with Crippen molar-refractivity contribution >= 4 is 0 Å². The van der Waals surface area contributed by atoms with Crippen LogP contribution < -0.4 is 5.32 Å². The van der Waals surface area contributed by atoms with Gasteiger partial charge < -0.3 is 5.32 Å². The Hall–Kier alpha value is -0.940. The van der Waals surface area contributed by atoms with E-state index in [0.29, 0.717) is 18.0 Å². The molecule has 5 heteroatoms. The van der Waals surface area contributed by atoms with Crippen LogP contribution in [0.5, 0.6) is 0 Å². The molecule has 21 heavy (non-hydrogen) atoms. The van der Waals surface area contributed by atoms with Gasteiger partial charge in [0.1, 0.15) is 12.2 Å². The highest BCUT2D eigenvalue weighted by atomic mass is 15.3. The fourth-order valence-corrected chi connectivity index (χ4v) is 3.07. The minimum Gasteiger partial charge on any atom is -0.311 e. The maximum atomic E-state index is 4.41. The first-order valence-corrected chi connectivity index (χ1v) is 8.13. The Morgan fingerprint density at radius 1 is 1.43 bits per heavy atom. The first-order chi connectivity index (χ1) is 9.82. The van der Waals surface area contributed by atoms with Gasteiger partial charge in [0.2, 0.25) is 0 Å². The van der Waals surface area contributed by atoms with Crippen LogP contribution in [-0.4, -0.2) is 44.8 Å². The Morgan fingerprint density at radius 2 is 2.14 bits per heavy atom. The van der Waals surface area contributed by atoms with Crippen LogP contribution in [0.25, 0.3) is 0 Å². The highest BCUT2D eigenvalue weighted by Crippen LogP contribution is 2.27. The van der Waals surface area contributed by atoms with Gasteiger partial charge in [0, 0.05) is 32.2 Å². The van der Waals surface area contributed by atoms with Crippen molar-refractivity contribution in [2.75, 3.05) is 13.1 Å². The molecule has 1 saturated heterocycles. The number of piperazine rings is 1. The van der Waals surface area contributed by atoms with Crippen LogP contribution in [0.15, 0.2) is 6.33 Å². The van der Waals surface area contributed by atoms with Crippen LogP contribution in [0, 0.1) is 11.3 Å². The molecule has 0 bridgehead atoms. The molecule has 0 aliphatic carbocycles. The molecule has 0 amide bonds. The third kappa shape index (κ3) is 3.83. The summed E-state index contributed by atoms with van der Waals surface area (Å²) < 4.78 is 1.89. The van der Waals surface area contributed by atoms with E-state index in [1.165, 1.54) is 6.42 Å². The molecule has 3 unspecified atom stereocenters. The number of hydrogen-bond donors (Lipinski definition) is 1. The van der Waals surface area contributed by atoms with E-state index in [-0.39, 0.29) is 5.41 Å². The van der Waals surface area contributed by atoms with Crippen molar-refractivity contribution in [2.24, 2.45) is 18.4 Å². The molecule has 0 spiro atoms. The molecule has 2 heterocycles. The number of nitrogens with zero attached hydrogens (tertiary/aromatic N) is 4. The van der Waals surface area contributed by atoms with Crippen LogP contribution in [-0.2, 0) is 13.6 Å². The number of rotatable bonds is 4. The van der Waals surface area contributed by atoms with E-state index < -0.39 is 0 Å². The first-order valence-electron chi connectivity index (χ1n) is 8.13. The minimum atomic E-state index is 0.276. The Balaban J connectivity index is 2.15. The molecule has 5 nitrogen and oxygen atoms in total. The fourth-order valence-electron chi connectivity index (χ4n) is 3.07. The van der Waals surface area contributed by atoms with Gasteiger partial charge in [0.25, 0.3) is 0 Å². The summed E-state index contributed by atoms with van der Waals surface area (Å²) in [6, 6.07) is 1.09. The van der Waals surface area contributed by atoms with E-state index in [9.17, 15) is 0 Å². The molecule has 1 aromatic rings. The third-order valence-electron chi connectivity index (χ3n) is 4.96. The van der Waals surface area contributed by atoms with Gasteiger partial charge in [-0.15, -0.1) is 0 Å². The summed E-state index contributed by atoms with van der Waals surface area (Å²) in [5, 5.41) is 7.97. The van der Waals surface area contributed by atoms with Gasteiger partial charge in [-0.3, -0.25) is 9.58 Å². The number of aryl methyl sites for hydroxylation is 1. The molecule has 120 valence electrons. The highest BCUT2D eigenvalue weighted by molar-refractivity contribution is 4.96. The summed E-state index contributed by atoms with van der Waals surface area (Å²) >= 11 is 0. The van der Waals surface area contributed by atoms with Gasteiger partial charge in [-0.1, -0.05) is 41.0 Å². The quantitative estimate of drug-likeness (QED) is 0.923. The molecule has 1 aromatic heterocycles. The summed E-state index contributed by atoms with van der Waals surface area (Å²) in [5.41, 5.74) is 0.276. The minimum absolute atomic E-state index is 0.276. The molecular formula is C16H31N5. The average molecular weight is 293 g/mol. The van der Waals surface area contributed by atoms with Crippen LogP contribution in [0.3, 0.4) is 0 Å². The van der Waals surface area contributed by atoms with E-state index in [0.717, 1.165) is 25.5 Å². The molecule has 1 aliphatic heterocycles. The van der Waals surface area contributed by atoms with Gasteiger partial charge in [0.05, 0.1) is 6.54 Å². The van der Waals surface area contributed by atoms with Crippen LogP contribution >= 0.6 is 0 Å². The van der Waals surface area contributed by atoms with E-state index in [2.05, 4.69) is 54.9 Å². The highest BCUT2D eigenvalue weighted by Gasteiger charge is 2.36. The molecule has 2 rings (SSSR count). The SMILES string of the molecule is CCC(C)C1CNC(C(C)(C)C)CN1Cc1ncnn1C. The van der Waals surface area contributed by atoms with Crippen LogP contribution in [0.1, 0.15) is 46.9 Å². The molecule has 0 aromatic carbocycles. The molecular weight excluding hydrogens is 262 g/mol. The second kappa shape index (κ2) is 6.44. The van der Waals surface area contributed by atoms with Crippen molar-refractivity contribution in [3.05, 3.63) is 12.2 Å². The van der Waals surface area contributed by atoms with Crippen molar-refractivity contribution in [3.63, 3.8) is 0 Å². The Bertz CT molecular complexity index is 448. The second-order valence-electron chi connectivity index (χ2n) is 7.51. The monoisotopic (exact) mass is 293 g/mol. The average Bonchev–Trinajstić information content (AvgIpc) is 2.82. The van der Waals surface area contributed by atoms with E-state index in [1.807, 2.05) is 11.7 Å². The Morgan fingerprint density at radius 3 is 2.67 bits per heavy atom. The van der Waals surface area contributed by atoms with Gasteiger partial charge in [-0.05, 0) is 11.3 Å². The van der Waals surface area contributed by atoms with Gasteiger partial charge >= 0.3 is 0 Å². The standard InChI is InChI=1S/C16H31N5/c1-7-12(2)13-8-17-14(16(3,4)5)9-21(13)10-15-18-11-19-20(15)6/h11-14,17H,7-10H2,1-6H3. The lowest BCUT2D eigenvalue weighted by atomic mass is 9.83. The Kier molecular flexibility index (Phi) is 5.04. The zero-order chi connectivity index (χ0) is 15.6.